The summed E-state index contributed by atoms with van der Waals surface area (Å²) in [6, 6.07) is 7.45. The van der Waals surface area contributed by atoms with Crippen LogP contribution in [-0.4, -0.2) is 18.4 Å². The van der Waals surface area contributed by atoms with Crippen molar-refractivity contribution < 1.29 is 37.8 Å². The zero-order valence-electron chi connectivity index (χ0n) is 14.0. The van der Waals surface area contributed by atoms with Gasteiger partial charge < -0.3 is 12.5 Å². The Hall–Kier alpha value is -1.11. The summed E-state index contributed by atoms with van der Waals surface area (Å²) in [5.74, 6) is -0.0962. The molecule has 0 fully saturated rings. The van der Waals surface area contributed by atoms with E-state index in [-0.39, 0.29) is 57.0 Å². The van der Waals surface area contributed by atoms with Gasteiger partial charge in [-0.1, -0.05) is 38.1 Å². The first-order valence-corrected chi connectivity index (χ1v) is 7.44. The smallest absolute Gasteiger partial charge is 0.263 e. The molecule has 0 unspecified atom stereocenters. The van der Waals surface area contributed by atoms with Crippen molar-refractivity contribution in [1.82, 2.24) is 13.3 Å². The van der Waals surface area contributed by atoms with Gasteiger partial charge in [0.05, 0.1) is 17.3 Å². The fraction of sp³-hybridized carbons (Fsp3) is 0.250. The van der Waals surface area contributed by atoms with E-state index >= 15 is 0 Å². The number of aromatic hydroxyl groups is 1. The van der Waals surface area contributed by atoms with Gasteiger partial charge in [-0.2, -0.15) is 8.75 Å². The molecule has 0 atom stereocenters. The van der Waals surface area contributed by atoms with Gasteiger partial charge in [0.2, 0.25) is 0 Å². The second-order valence-electron chi connectivity index (χ2n) is 4.34. The molecule has 23 heavy (non-hydrogen) atoms. The molecule has 5 nitrogen and oxygen atoms in total. The number of benzene rings is 1. The van der Waals surface area contributed by atoms with Crippen molar-refractivity contribution in [2.24, 2.45) is 7.05 Å². The molecule has 7 heteroatoms. The maximum absolute atomic E-state index is 12.4. The minimum absolute atomic E-state index is 0. The number of pyridine rings is 1. The van der Waals surface area contributed by atoms with Crippen molar-refractivity contribution in [3.8, 4) is 16.9 Å². The van der Waals surface area contributed by atoms with E-state index < -0.39 is 0 Å². The number of aryl methyl sites for hydroxylation is 2. The standard InChI is InChI=1S/C13H11N3O2S.C2H6.CH3.Y/c1-7-5-3-4-6-8(7)9-11(17)10-12(15-19-14-10)16(2)13(9)18;1-2;;/h3-6,17H,1-2H3;1-2H3;1H3;/q;;-1;. The van der Waals surface area contributed by atoms with Crippen LogP contribution in [0.5, 0.6) is 5.75 Å². The van der Waals surface area contributed by atoms with Gasteiger partial charge in [0.15, 0.2) is 16.9 Å². The minimum Gasteiger partial charge on any atom is -0.505 e. The summed E-state index contributed by atoms with van der Waals surface area (Å²) in [4.78, 5) is 12.4. The molecule has 1 aromatic carbocycles. The van der Waals surface area contributed by atoms with Crippen molar-refractivity contribution in [3.05, 3.63) is 47.6 Å². The largest absolute Gasteiger partial charge is 0.505 e. The number of fused-ring (bicyclic) bond motifs is 1. The Morgan fingerprint density at radius 1 is 1.17 bits per heavy atom. The van der Waals surface area contributed by atoms with E-state index in [0.29, 0.717) is 11.2 Å². The molecule has 0 spiro atoms. The van der Waals surface area contributed by atoms with Crippen LogP contribution in [0.2, 0.25) is 0 Å². The zero-order chi connectivity index (χ0) is 15.6. The zero-order valence-corrected chi connectivity index (χ0v) is 17.6. The maximum atomic E-state index is 12.4. The molecule has 0 bridgehead atoms. The summed E-state index contributed by atoms with van der Waals surface area (Å²) in [6.07, 6.45) is 0. The topological polar surface area (TPSA) is 68.0 Å². The molecule has 1 radical (unpaired) electrons. The van der Waals surface area contributed by atoms with Crippen LogP contribution in [0.15, 0.2) is 29.1 Å². The predicted molar refractivity (Wildman–Crippen MR) is 92.3 cm³/mol. The molecule has 0 aliphatic heterocycles. The molecule has 0 saturated heterocycles. The molecule has 2 heterocycles. The van der Waals surface area contributed by atoms with Gasteiger partial charge >= 0.3 is 0 Å². The summed E-state index contributed by atoms with van der Waals surface area (Å²) in [6.45, 7) is 5.90. The normalized spacial score (nSPS) is 9.39. The molecular formula is C16H20N3O2SY-. The number of nitrogens with zero attached hydrogens (tertiary/aromatic N) is 3. The summed E-state index contributed by atoms with van der Waals surface area (Å²) in [5, 5.41) is 10.3. The van der Waals surface area contributed by atoms with Crippen molar-refractivity contribution in [2.75, 3.05) is 0 Å². The minimum atomic E-state index is -0.271. The Morgan fingerprint density at radius 3 is 2.39 bits per heavy atom. The summed E-state index contributed by atoms with van der Waals surface area (Å²) in [7, 11) is 1.63. The van der Waals surface area contributed by atoms with Crippen LogP contribution in [0, 0.1) is 14.4 Å². The van der Waals surface area contributed by atoms with Crippen LogP contribution in [-0.2, 0) is 39.8 Å². The fourth-order valence-electron chi connectivity index (χ4n) is 2.13. The van der Waals surface area contributed by atoms with Crippen LogP contribution in [0.25, 0.3) is 22.3 Å². The Balaban J connectivity index is 0.00000117. The average Bonchev–Trinajstić information content (AvgIpc) is 2.99. The van der Waals surface area contributed by atoms with Crippen molar-refractivity contribution in [3.63, 3.8) is 0 Å². The number of aromatic nitrogens is 3. The van der Waals surface area contributed by atoms with Crippen molar-refractivity contribution >= 4 is 22.9 Å². The van der Waals surface area contributed by atoms with E-state index in [0.717, 1.165) is 22.9 Å². The van der Waals surface area contributed by atoms with Crippen LogP contribution in [0.4, 0.5) is 0 Å². The Labute approximate surface area is 165 Å². The van der Waals surface area contributed by atoms with Crippen molar-refractivity contribution in [1.29, 1.82) is 0 Å². The third-order valence-corrected chi connectivity index (χ3v) is 3.70. The number of hydrogen-bond donors (Lipinski definition) is 1. The quantitative estimate of drug-likeness (QED) is 0.627. The van der Waals surface area contributed by atoms with E-state index in [2.05, 4.69) is 8.75 Å². The molecule has 0 amide bonds. The predicted octanol–water partition coefficient (Wildman–Crippen LogP) is 3.55. The molecule has 0 aliphatic rings. The number of hydrogen-bond acceptors (Lipinski definition) is 5. The second-order valence-corrected chi connectivity index (χ2v) is 4.87. The second kappa shape index (κ2) is 9.25. The first-order chi connectivity index (χ1) is 10.1. The molecular weight excluding hydrogens is 387 g/mol. The molecule has 1 N–H and O–H groups in total. The van der Waals surface area contributed by atoms with Gasteiger partial charge in [-0.15, -0.1) is 0 Å². The van der Waals surface area contributed by atoms with Crippen LogP contribution in [0.1, 0.15) is 19.4 Å². The molecule has 121 valence electrons. The monoisotopic (exact) mass is 407 g/mol. The van der Waals surface area contributed by atoms with Gasteiger partial charge in [-0.25, -0.2) is 0 Å². The van der Waals surface area contributed by atoms with E-state index in [9.17, 15) is 9.90 Å². The molecule has 0 aliphatic carbocycles. The third-order valence-electron chi connectivity index (χ3n) is 3.18. The molecule has 2 aromatic heterocycles. The Kier molecular flexibility index (Phi) is 8.81. The maximum Gasteiger partial charge on any atom is 0.263 e. The Bertz CT molecular complexity index is 843. The molecule has 3 rings (SSSR count). The first kappa shape index (κ1) is 21.9. The summed E-state index contributed by atoms with van der Waals surface area (Å²) in [5.41, 5.74) is 2.43. The van der Waals surface area contributed by atoms with E-state index in [4.69, 9.17) is 0 Å². The van der Waals surface area contributed by atoms with Gasteiger partial charge in [0.25, 0.3) is 5.56 Å². The van der Waals surface area contributed by atoms with Gasteiger partial charge in [-0.05, 0) is 18.1 Å². The van der Waals surface area contributed by atoms with Gasteiger partial charge in [0.1, 0.15) is 0 Å². The van der Waals surface area contributed by atoms with E-state index in [1.807, 2.05) is 45.0 Å². The van der Waals surface area contributed by atoms with Gasteiger partial charge in [0, 0.05) is 39.8 Å². The van der Waals surface area contributed by atoms with Gasteiger partial charge in [-0.3, -0.25) is 9.36 Å². The number of rotatable bonds is 1. The molecule has 0 saturated carbocycles. The van der Waals surface area contributed by atoms with Crippen molar-refractivity contribution in [2.45, 2.75) is 20.8 Å². The van der Waals surface area contributed by atoms with E-state index in [1.165, 1.54) is 4.57 Å². The van der Waals surface area contributed by atoms with Crippen LogP contribution >= 0.6 is 11.7 Å². The first-order valence-electron chi connectivity index (χ1n) is 6.71. The molecule has 3 aromatic rings. The third kappa shape index (κ3) is 3.87. The fourth-order valence-corrected chi connectivity index (χ4v) is 2.71. The van der Waals surface area contributed by atoms with E-state index in [1.54, 1.807) is 7.05 Å². The summed E-state index contributed by atoms with van der Waals surface area (Å²) < 4.78 is 9.50. The Morgan fingerprint density at radius 2 is 1.78 bits per heavy atom. The summed E-state index contributed by atoms with van der Waals surface area (Å²) >= 11 is 0.978. The average molecular weight is 407 g/mol. The van der Waals surface area contributed by atoms with Crippen LogP contribution in [0.3, 0.4) is 0 Å². The van der Waals surface area contributed by atoms with Crippen LogP contribution < -0.4 is 5.56 Å². The SMILES string of the molecule is CC.Cc1ccccc1-c1c(O)c2nsnc2n(C)c1=O.[CH3-].[Y].